The molecule has 3 aromatic carbocycles. The number of carbonyl (C=O) groups is 1. The number of aryl methyl sites for hydroxylation is 2. The fourth-order valence-corrected chi connectivity index (χ4v) is 5.06. The summed E-state index contributed by atoms with van der Waals surface area (Å²) in [5.74, 6) is 0.181. The Balaban J connectivity index is 1.79. The van der Waals surface area contributed by atoms with Crippen molar-refractivity contribution in [3.63, 3.8) is 0 Å². The van der Waals surface area contributed by atoms with Crippen LogP contribution in [0.3, 0.4) is 0 Å². The van der Waals surface area contributed by atoms with E-state index in [1.807, 2.05) is 56.5 Å². The minimum Gasteiger partial charge on any atom is -0.495 e. The quantitative estimate of drug-likeness (QED) is 0.303. The molecule has 1 unspecified atom stereocenters. The number of nitrogens with zero attached hydrogens (tertiary/aromatic N) is 1. The number of rotatable bonds is 4. The molecular weight excluding hydrogens is 470 g/mol. The lowest BCUT2D eigenvalue weighted by atomic mass is 9.97. The summed E-state index contributed by atoms with van der Waals surface area (Å²) in [6.07, 6.45) is 2.00. The maximum atomic E-state index is 13.8. The topological polar surface area (TPSA) is 59.8 Å². The third-order valence-electron chi connectivity index (χ3n) is 6.33. The minimum atomic E-state index is -0.648. The highest BCUT2D eigenvalue weighted by molar-refractivity contribution is 7.98. The van der Waals surface area contributed by atoms with E-state index >= 15 is 0 Å². The molecular formula is C27H22ClNO4S. The van der Waals surface area contributed by atoms with Crippen LogP contribution in [0.4, 0.5) is 5.69 Å². The van der Waals surface area contributed by atoms with Gasteiger partial charge in [0.25, 0.3) is 5.91 Å². The summed E-state index contributed by atoms with van der Waals surface area (Å²) < 4.78 is 11.4. The number of hydrogen-bond acceptors (Lipinski definition) is 5. The summed E-state index contributed by atoms with van der Waals surface area (Å²) in [7, 11) is 1.53. The summed E-state index contributed by atoms with van der Waals surface area (Å²) in [4.78, 5) is 30.2. The number of benzene rings is 3. The monoisotopic (exact) mass is 491 g/mol. The van der Waals surface area contributed by atoms with Crippen molar-refractivity contribution in [2.45, 2.75) is 24.8 Å². The molecule has 1 aromatic heterocycles. The van der Waals surface area contributed by atoms with Gasteiger partial charge < -0.3 is 9.15 Å². The molecule has 0 radical (unpaired) electrons. The third kappa shape index (κ3) is 3.49. The second-order valence-corrected chi connectivity index (χ2v) is 9.56. The lowest BCUT2D eigenvalue weighted by Crippen LogP contribution is -2.29. The molecule has 5 nitrogen and oxygen atoms in total. The third-order valence-corrected chi connectivity index (χ3v) is 7.37. The number of halogens is 1. The molecule has 4 aromatic rings. The zero-order valence-electron chi connectivity index (χ0n) is 19.1. The molecule has 2 heterocycles. The molecule has 0 bridgehead atoms. The fraction of sp³-hybridized carbons (Fsp3) is 0.185. The molecule has 1 amide bonds. The molecule has 0 aliphatic carbocycles. The largest absolute Gasteiger partial charge is 0.495 e. The van der Waals surface area contributed by atoms with Gasteiger partial charge in [-0.05, 0) is 79.3 Å². The fourth-order valence-electron chi connectivity index (χ4n) is 4.40. The van der Waals surface area contributed by atoms with E-state index in [-0.39, 0.29) is 17.1 Å². The van der Waals surface area contributed by atoms with Crippen LogP contribution in [0.25, 0.3) is 11.0 Å². The number of amides is 1. The van der Waals surface area contributed by atoms with Crippen molar-refractivity contribution in [1.29, 1.82) is 0 Å². The molecule has 0 saturated carbocycles. The number of carbonyl (C=O) groups excluding carboxylic acids is 1. The number of ether oxygens (including phenoxy) is 1. The summed E-state index contributed by atoms with van der Waals surface area (Å²) in [5.41, 5.74) is 3.89. The first-order chi connectivity index (χ1) is 16.3. The highest BCUT2D eigenvalue weighted by Gasteiger charge is 2.43. The van der Waals surface area contributed by atoms with Crippen LogP contribution >= 0.6 is 23.4 Å². The average molecular weight is 492 g/mol. The second-order valence-electron chi connectivity index (χ2n) is 8.28. The Labute approximate surface area is 206 Å². The Kier molecular flexibility index (Phi) is 5.66. The molecule has 172 valence electrons. The van der Waals surface area contributed by atoms with E-state index in [0.29, 0.717) is 33.0 Å². The van der Waals surface area contributed by atoms with Crippen molar-refractivity contribution >= 4 is 45.9 Å². The smallest absolute Gasteiger partial charge is 0.295 e. The number of fused-ring (bicyclic) bond motifs is 2. The van der Waals surface area contributed by atoms with Crippen LogP contribution in [0.1, 0.15) is 38.9 Å². The van der Waals surface area contributed by atoms with Crippen LogP contribution in [0, 0.1) is 13.8 Å². The van der Waals surface area contributed by atoms with E-state index in [2.05, 4.69) is 0 Å². The van der Waals surface area contributed by atoms with Crippen molar-refractivity contribution in [2.24, 2.45) is 0 Å². The van der Waals surface area contributed by atoms with Crippen molar-refractivity contribution < 1.29 is 13.9 Å². The van der Waals surface area contributed by atoms with Gasteiger partial charge in [-0.15, -0.1) is 11.8 Å². The number of thioether (sulfide) groups is 1. The summed E-state index contributed by atoms with van der Waals surface area (Å²) >= 11 is 8.03. The van der Waals surface area contributed by atoms with E-state index in [0.717, 1.165) is 21.6 Å². The Bertz CT molecular complexity index is 1510. The Morgan fingerprint density at radius 1 is 1.00 bits per heavy atom. The van der Waals surface area contributed by atoms with Gasteiger partial charge >= 0.3 is 0 Å². The van der Waals surface area contributed by atoms with Crippen LogP contribution in [-0.2, 0) is 0 Å². The SMILES string of the molecule is COc1ccc(N2C(=O)c3oc4cc(C)c(C)cc4c(=O)c3C2c2ccc(SC)cc2)cc1Cl. The predicted molar refractivity (Wildman–Crippen MR) is 137 cm³/mol. The lowest BCUT2D eigenvalue weighted by molar-refractivity contribution is 0.0971. The van der Waals surface area contributed by atoms with Crippen LogP contribution in [0.5, 0.6) is 5.75 Å². The van der Waals surface area contributed by atoms with Crippen molar-refractivity contribution in [1.82, 2.24) is 0 Å². The average Bonchev–Trinajstić information content (AvgIpc) is 3.13. The van der Waals surface area contributed by atoms with E-state index < -0.39 is 6.04 Å². The van der Waals surface area contributed by atoms with Gasteiger partial charge in [0.15, 0.2) is 5.43 Å². The zero-order chi connectivity index (χ0) is 24.1. The van der Waals surface area contributed by atoms with Gasteiger partial charge in [0.05, 0.1) is 29.1 Å². The Morgan fingerprint density at radius 2 is 1.71 bits per heavy atom. The Hall–Kier alpha value is -3.22. The first-order valence-electron chi connectivity index (χ1n) is 10.7. The molecule has 1 atom stereocenters. The highest BCUT2D eigenvalue weighted by Crippen LogP contribution is 2.43. The Morgan fingerprint density at radius 3 is 2.35 bits per heavy atom. The van der Waals surface area contributed by atoms with Gasteiger partial charge in [-0.3, -0.25) is 14.5 Å². The van der Waals surface area contributed by atoms with Gasteiger partial charge in [-0.2, -0.15) is 0 Å². The first kappa shape index (κ1) is 22.6. The number of methoxy groups -OCH3 is 1. The van der Waals surface area contributed by atoms with E-state index in [9.17, 15) is 9.59 Å². The molecule has 0 saturated heterocycles. The van der Waals surface area contributed by atoms with E-state index in [1.165, 1.54) is 7.11 Å². The van der Waals surface area contributed by atoms with Crippen LogP contribution in [0.2, 0.25) is 5.02 Å². The standard InChI is InChI=1S/C27H22ClNO4S/c1-14-11-19-22(12-15(14)2)33-26-23(25(19)30)24(16-5-8-18(34-4)9-6-16)29(27(26)31)17-7-10-21(32-3)20(28)13-17/h5-13,24H,1-4H3. The summed E-state index contributed by atoms with van der Waals surface area (Å²) in [6, 6.07) is 16.0. The highest BCUT2D eigenvalue weighted by atomic mass is 35.5. The first-order valence-corrected chi connectivity index (χ1v) is 12.3. The molecule has 5 rings (SSSR count). The molecule has 34 heavy (non-hydrogen) atoms. The summed E-state index contributed by atoms with van der Waals surface area (Å²) in [5, 5.41) is 0.839. The van der Waals surface area contributed by atoms with E-state index in [4.69, 9.17) is 20.8 Å². The maximum Gasteiger partial charge on any atom is 0.295 e. The van der Waals surface area contributed by atoms with Gasteiger partial charge in [0.2, 0.25) is 5.76 Å². The second kappa shape index (κ2) is 8.53. The molecule has 1 aliphatic rings. The van der Waals surface area contributed by atoms with Crippen LogP contribution in [0.15, 0.2) is 68.7 Å². The van der Waals surface area contributed by atoms with Crippen molar-refractivity contribution in [3.05, 3.63) is 97.9 Å². The van der Waals surface area contributed by atoms with Gasteiger partial charge in [0, 0.05) is 10.6 Å². The molecule has 0 fully saturated rings. The zero-order valence-corrected chi connectivity index (χ0v) is 20.7. The van der Waals surface area contributed by atoms with Gasteiger partial charge in [0.1, 0.15) is 11.3 Å². The maximum absolute atomic E-state index is 13.8. The normalized spacial score (nSPS) is 15.1. The van der Waals surface area contributed by atoms with Crippen molar-refractivity contribution in [2.75, 3.05) is 18.3 Å². The summed E-state index contributed by atoms with van der Waals surface area (Å²) in [6.45, 7) is 3.91. The molecule has 0 spiro atoms. The predicted octanol–water partition coefficient (Wildman–Crippen LogP) is 6.54. The lowest BCUT2D eigenvalue weighted by Gasteiger charge is -2.25. The number of anilines is 1. The minimum absolute atomic E-state index is 0.0617. The van der Waals surface area contributed by atoms with Crippen LogP contribution < -0.4 is 15.1 Å². The molecule has 1 aliphatic heterocycles. The van der Waals surface area contributed by atoms with Crippen molar-refractivity contribution in [3.8, 4) is 5.75 Å². The van der Waals surface area contributed by atoms with E-state index in [1.54, 1.807) is 34.9 Å². The van der Waals surface area contributed by atoms with Gasteiger partial charge in [-0.1, -0.05) is 23.7 Å². The molecule has 7 heteroatoms. The van der Waals surface area contributed by atoms with Gasteiger partial charge in [-0.25, -0.2) is 0 Å². The molecule has 0 N–H and O–H groups in total. The number of hydrogen-bond donors (Lipinski definition) is 0. The van der Waals surface area contributed by atoms with Crippen LogP contribution in [-0.4, -0.2) is 19.3 Å².